The third kappa shape index (κ3) is 3.57. The van der Waals surface area contributed by atoms with Crippen LogP contribution in [0.25, 0.3) is 0 Å². The van der Waals surface area contributed by atoms with Gasteiger partial charge in [-0.25, -0.2) is 0 Å². The summed E-state index contributed by atoms with van der Waals surface area (Å²) in [5.41, 5.74) is 2.58. The maximum Gasteiger partial charge on any atom is 0.268 e. The van der Waals surface area contributed by atoms with E-state index in [2.05, 4.69) is 11.2 Å². The van der Waals surface area contributed by atoms with Crippen molar-refractivity contribution in [3.8, 4) is 12.3 Å². The first-order valence-electron chi connectivity index (χ1n) is 6.64. The van der Waals surface area contributed by atoms with Crippen molar-refractivity contribution in [1.82, 2.24) is 9.88 Å². The van der Waals surface area contributed by atoms with Crippen LogP contribution in [0.2, 0.25) is 0 Å². The number of ketones is 1. The lowest BCUT2D eigenvalue weighted by Gasteiger charge is -2.06. The zero-order valence-electron chi connectivity index (χ0n) is 12.1. The minimum absolute atomic E-state index is 0.105. The van der Waals surface area contributed by atoms with Gasteiger partial charge in [0.25, 0.3) is 5.91 Å². The Labute approximate surface area is 134 Å². The average molecular weight is 315 g/mol. The Hall–Kier alpha value is -2.51. The predicted octanol–water partition coefficient (Wildman–Crippen LogP) is 2.36. The van der Waals surface area contributed by atoms with Crippen molar-refractivity contribution >= 4 is 23.3 Å². The van der Waals surface area contributed by atoms with Gasteiger partial charge >= 0.3 is 0 Å². The number of alkyl halides is 1. The Morgan fingerprint density at radius 1 is 1.32 bits per heavy atom. The lowest BCUT2D eigenvalue weighted by atomic mass is 10.1. The Balaban J connectivity index is 2.04. The van der Waals surface area contributed by atoms with E-state index in [-0.39, 0.29) is 17.6 Å². The molecule has 0 aliphatic rings. The van der Waals surface area contributed by atoms with Crippen LogP contribution in [0.3, 0.4) is 0 Å². The maximum absolute atomic E-state index is 12.2. The summed E-state index contributed by atoms with van der Waals surface area (Å²) in [6.45, 7) is 0.383. The van der Waals surface area contributed by atoms with Crippen molar-refractivity contribution in [2.45, 2.75) is 6.54 Å². The summed E-state index contributed by atoms with van der Waals surface area (Å²) in [4.78, 5) is 23.7. The molecular formula is C17H15ClN2O2. The van der Waals surface area contributed by atoms with Gasteiger partial charge in [0.15, 0.2) is 5.78 Å². The molecule has 5 heteroatoms. The molecule has 0 atom stereocenters. The first-order chi connectivity index (χ1) is 10.5. The predicted molar refractivity (Wildman–Crippen MR) is 86.0 cm³/mol. The molecule has 0 bridgehead atoms. The molecule has 1 heterocycles. The highest BCUT2D eigenvalue weighted by atomic mass is 35.5. The van der Waals surface area contributed by atoms with Gasteiger partial charge in [0.05, 0.1) is 5.88 Å². The molecule has 0 aliphatic carbocycles. The SMILES string of the molecule is C#Cc1ccc(CNC(=O)c2cc(C(=O)CCl)cn2C)cc1. The minimum Gasteiger partial charge on any atom is -0.347 e. The van der Waals surface area contributed by atoms with E-state index >= 15 is 0 Å². The maximum atomic E-state index is 12.2. The number of Topliss-reactive ketones (excluding diaryl/α,β-unsaturated/α-hetero) is 1. The van der Waals surface area contributed by atoms with Crippen molar-refractivity contribution in [1.29, 1.82) is 0 Å². The first-order valence-corrected chi connectivity index (χ1v) is 7.18. The Morgan fingerprint density at radius 2 is 2.00 bits per heavy atom. The number of halogens is 1. The first kappa shape index (κ1) is 15.9. The quantitative estimate of drug-likeness (QED) is 0.523. The highest BCUT2D eigenvalue weighted by molar-refractivity contribution is 6.30. The molecule has 112 valence electrons. The number of carbonyl (C=O) groups excluding carboxylic acids is 2. The van der Waals surface area contributed by atoms with Gasteiger partial charge in [-0.1, -0.05) is 18.1 Å². The lowest BCUT2D eigenvalue weighted by molar-refractivity contribution is 0.0942. The molecule has 1 aromatic carbocycles. The number of nitrogens with zero attached hydrogens (tertiary/aromatic N) is 1. The molecule has 4 nitrogen and oxygen atoms in total. The number of hydrogen-bond acceptors (Lipinski definition) is 2. The molecule has 1 N–H and O–H groups in total. The lowest BCUT2D eigenvalue weighted by Crippen LogP contribution is -2.24. The molecule has 1 amide bonds. The molecular weight excluding hydrogens is 300 g/mol. The average Bonchev–Trinajstić information content (AvgIpc) is 2.94. The van der Waals surface area contributed by atoms with Crippen LogP contribution in [0.4, 0.5) is 0 Å². The number of benzene rings is 1. The highest BCUT2D eigenvalue weighted by Gasteiger charge is 2.14. The number of nitrogens with one attached hydrogen (secondary N) is 1. The monoisotopic (exact) mass is 314 g/mol. The smallest absolute Gasteiger partial charge is 0.268 e. The summed E-state index contributed by atoms with van der Waals surface area (Å²) in [5, 5.41) is 2.81. The van der Waals surface area contributed by atoms with Crippen molar-refractivity contribution < 1.29 is 9.59 Å². The van der Waals surface area contributed by atoms with E-state index in [1.54, 1.807) is 23.9 Å². The van der Waals surface area contributed by atoms with E-state index in [1.807, 2.05) is 24.3 Å². The van der Waals surface area contributed by atoms with Crippen molar-refractivity contribution in [3.05, 3.63) is 58.9 Å². The topological polar surface area (TPSA) is 51.1 Å². The summed E-state index contributed by atoms with van der Waals surface area (Å²) in [6, 6.07) is 8.91. The second-order valence-corrected chi connectivity index (χ2v) is 5.07. The zero-order valence-corrected chi connectivity index (χ0v) is 12.9. The molecule has 2 rings (SSSR count). The third-order valence-corrected chi connectivity index (χ3v) is 3.50. The van der Waals surface area contributed by atoms with Crippen molar-refractivity contribution in [2.75, 3.05) is 5.88 Å². The molecule has 0 fully saturated rings. The fourth-order valence-electron chi connectivity index (χ4n) is 2.01. The standard InChI is InChI=1S/C17H15ClN2O2/c1-3-12-4-6-13(7-5-12)10-19-17(22)15-8-14(11-20(15)2)16(21)9-18/h1,4-8,11H,9-10H2,2H3,(H,19,22). The summed E-state index contributed by atoms with van der Waals surface area (Å²) >= 11 is 5.52. The molecule has 2 aromatic rings. The molecule has 0 radical (unpaired) electrons. The van der Waals surface area contributed by atoms with Crippen LogP contribution >= 0.6 is 11.6 Å². The van der Waals surface area contributed by atoms with Crippen LogP contribution in [0.15, 0.2) is 36.5 Å². The van der Waals surface area contributed by atoms with Gasteiger partial charge in [0.1, 0.15) is 5.69 Å². The largest absolute Gasteiger partial charge is 0.347 e. The number of amides is 1. The van der Waals surface area contributed by atoms with E-state index < -0.39 is 0 Å². The molecule has 0 saturated heterocycles. The van der Waals surface area contributed by atoms with Gasteiger partial charge < -0.3 is 9.88 Å². The number of rotatable bonds is 5. The fourth-order valence-corrected chi connectivity index (χ4v) is 2.17. The van der Waals surface area contributed by atoms with E-state index in [0.717, 1.165) is 11.1 Å². The van der Waals surface area contributed by atoms with Gasteiger partial charge in [0, 0.05) is 30.9 Å². The van der Waals surface area contributed by atoms with Crippen LogP contribution < -0.4 is 5.32 Å². The van der Waals surface area contributed by atoms with Crippen molar-refractivity contribution in [2.24, 2.45) is 7.05 Å². The number of aromatic nitrogens is 1. The van der Waals surface area contributed by atoms with Gasteiger partial charge in [-0.3, -0.25) is 9.59 Å². The summed E-state index contributed by atoms with van der Waals surface area (Å²) < 4.78 is 1.61. The number of hydrogen-bond donors (Lipinski definition) is 1. The van der Waals surface area contributed by atoms with E-state index in [1.165, 1.54) is 0 Å². The molecule has 0 unspecified atom stereocenters. The molecule has 0 saturated carbocycles. The van der Waals surface area contributed by atoms with Crippen LogP contribution in [-0.2, 0) is 13.6 Å². The number of terminal acetylenes is 1. The van der Waals surface area contributed by atoms with Crippen molar-refractivity contribution in [3.63, 3.8) is 0 Å². The minimum atomic E-state index is -0.253. The third-order valence-electron chi connectivity index (χ3n) is 3.25. The molecule has 0 spiro atoms. The van der Waals surface area contributed by atoms with E-state index in [4.69, 9.17) is 18.0 Å². The van der Waals surface area contributed by atoms with Gasteiger partial charge in [0.2, 0.25) is 0 Å². The van der Waals surface area contributed by atoms with Gasteiger partial charge in [-0.15, -0.1) is 18.0 Å². The molecule has 22 heavy (non-hydrogen) atoms. The van der Waals surface area contributed by atoms with E-state index in [9.17, 15) is 9.59 Å². The van der Waals surface area contributed by atoms with Crippen LogP contribution in [0.1, 0.15) is 32.0 Å². The summed E-state index contributed by atoms with van der Waals surface area (Å²) in [5.74, 6) is 1.97. The Bertz CT molecular complexity index is 739. The highest BCUT2D eigenvalue weighted by Crippen LogP contribution is 2.10. The van der Waals surface area contributed by atoms with E-state index in [0.29, 0.717) is 17.8 Å². The van der Waals surface area contributed by atoms with Crippen LogP contribution in [-0.4, -0.2) is 22.1 Å². The molecule has 0 aliphatic heterocycles. The Kier molecular flexibility index (Phi) is 5.03. The fraction of sp³-hybridized carbons (Fsp3) is 0.176. The second kappa shape index (κ2) is 6.97. The number of aryl methyl sites for hydroxylation is 1. The zero-order chi connectivity index (χ0) is 16.1. The summed E-state index contributed by atoms with van der Waals surface area (Å²) in [7, 11) is 1.71. The second-order valence-electron chi connectivity index (χ2n) is 4.81. The number of carbonyl (C=O) groups is 2. The van der Waals surface area contributed by atoms with Gasteiger partial charge in [-0.05, 0) is 23.8 Å². The van der Waals surface area contributed by atoms with Gasteiger partial charge in [-0.2, -0.15) is 0 Å². The normalized spacial score (nSPS) is 10.0. The Morgan fingerprint density at radius 3 is 2.59 bits per heavy atom. The molecule has 1 aromatic heterocycles. The van der Waals surface area contributed by atoms with Crippen LogP contribution in [0, 0.1) is 12.3 Å². The summed E-state index contributed by atoms with van der Waals surface area (Å²) in [6.07, 6.45) is 6.89. The van der Waals surface area contributed by atoms with Crippen LogP contribution in [0.5, 0.6) is 0 Å².